The van der Waals surface area contributed by atoms with Gasteiger partial charge in [0.05, 0.1) is 11.3 Å². The number of carbonyl (C=O) groups is 4. The third-order valence-corrected chi connectivity index (χ3v) is 6.88. The largest absolute Gasteiger partial charge is 0.446 e. The average Bonchev–Trinajstić information content (AvgIpc) is 3.17. The van der Waals surface area contributed by atoms with Crippen molar-refractivity contribution < 1.29 is 41.5 Å². The number of rotatable bonds is 5. The van der Waals surface area contributed by atoms with E-state index in [0.717, 1.165) is 6.20 Å². The first-order valence-electron chi connectivity index (χ1n) is 11.8. The molecule has 200 valence electrons. The Morgan fingerprint density at radius 2 is 1.89 bits per heavy atom. The molecule has 4 amide bonds. The number of alkyl carbamates (subject to hydrolysis) is 1. The normalized spacial score (nSPS) is 23.0. The van der Waals surface area contributed by atoms with E-state index in [9.17, 15) is 32.3 Å². The number of halogens is 4. The van der Waals surface area contributed by atoms with Gasteiger partial charge in [-0.3, -0.25) is 24.7 Å². The van der Waals surface area contributed by atoms with Crippen LogP contribution in [0, 0.1) is 5.82 Å². The predicted octanol–water partition coefficient (Wildman–Crippen LogP) is 2.57. The highest BCUT2D eigenvalue weighted by Gasteiger charge is 2.43. The predicted molar refractivity (Wildman–Crippen MR) is 119 cm³/mol. The summed E-state index contributed by atoms with van der Waals surface area (Å²) in [6, 6.07) is 2.05. The first kappa shape index (κ1) is 25.5. The van der Waals surface area contributed by atoms with Gasteiger partial charge in [-0.15, -0.1) is 0 Å². The highest BCUT2D eigenvalue weighted by molar-refractivity contribution is 6.05. The zero-order valence-corrected chi connectivity index (χ0v) is 19.7. The summed E-state index contributed by atoms with van der Waals surface area (Å²) in [7, 11) is 0. The topological polar surface area (TPSA) is 131 Å². The fourth-order valence-corrected chi connectivity index (χ4v) is 4.90. The van der Waals surface area contributed by atoms with Crippen molar-refractivity contribution in [2.24, 2.45) is 0 Å². The molecule has 5 rings (SSSR count). The minimum atomic E-state index is -4.65. The number of alkyl halides is 3. The van der Waals surface area contributed by atoms with E-state index in [1.54, 1.807) is 0 Å². The Morgan fingerprint density at radius 1 is 1.16 bits per heavy atom. The lowest BCUT2D eigenvalue weighted by Gasteiger charge is -2.34. The van der Waals surface area contributed by atoms with Gasteiger partial charge in [-0.1, -0.05) is 12.1 Å². The van der Waals surface area contributed by atoms with Gasteiger partial charge in [0.15, 0.2) is 5.69 Å². The number of imide groups is 1. The number of hydrogen-bond donors (Lipinski definition) is 2. The number of amides is 4. The molecule has 2 fully saturated rings. The summed E-state index contributed by atoms with van der Waals surface area (Å²) in [6.07, 6.45) is -3.57. The lowest BCUT2D eigenvalue weighted by atomic mass is 9.79. The minimum Gasteiger partial charge on any atom is -0.446 e. The maximum Gasteiger partial charge on any atom is 0.435 e. The minimum absolute atomic E-state index is 0.0117. The molecule has 3 aliphatic rings. The molecular weight excluding hydrogens is 514 g/mol. The van der Waals surface area contributed by atoms with E-state index in [2.05, 4.69) is 20.6 Å². The number of piperidine rings is 1. The summed E-state index contributed by atoms with van der Waals surface area (Å²) in [5.74, 6) is -3.13. The second-order valence-corrected chi connectivity index (χ2v) is 9.31. The molecule has 0 radical (unpaired) electrons. The number of carbonyl (C=O) groups excluding carboxylic acids is 4. The molecule has 1 aromatic heterocycles. The number of ether oxygens (including phenoxy) is 1. The molecule has 1 aromatic carbocycles. The molecule has 38 heavy (non-hydrogen) atoms. The fraction of sp³-hybridized carbons (Fsp3) is 0.417. The smallest absolute Gasteiger partial charge is 0.435 e. The van der Waals surface area contributed by atoms with E-state index in [4.69, 9.17) is 4.74 Å². The monoisotopic (exact) mass is 535 g/mol. The Kier molecular flexibility index (Phi) is 6.49. The summed E-state index contributed by atoms with van der Waals surface area (Å²) in [5.41, 5.74) is -1.07. The fourth-order valence-electron chi connectivity index (χ4n) is 4.90. The van der Waals surface area contributed by atoms with E-state index in [1.807, 2.05) is 0 Å². The van der Waals surface area contributed by atoms with Crippen molar-refractivity contribution in [3.05, 3.63) is 58.4 Å². The number of hydrogen-bond acceptors (Lipinski definition) is 7. The summed E-state index contributed by atoms with van der Waals surface area (Å²) < 4.78 is 59.8. The van der Waals surface area contributed by atoms with Crippen molar-refractivity contribution in [3.63, 3.8) is 0 Å². The first-order chi connectivity index (χ1) is 18.0. The molecule has 1 saturated carbocycles. The van der Waals surface area contributed by atoms with E-state index in [1.165, 1.54) is 23.2 Å². The van der Waals surface area contributed by atoms with E-state index >= 15 is 4.39 Å². The quantitative estimate of drug-likeness (QED) is 0.445. The van der Waals surface area contributed by atoms with Crippen LogP contribution in [-0.4, -0.2) is 50.8 Å². The standard InChI is InChI=1S/C24H21F4N5O5/c25-18-11(1-2-12-10-33(22(36)17(12)18)15-3-4-16(34)32-21(15)35)9-31-23(37)38-14-7-13(8-14)19-20(24(26,27)28)30-6-5-29-19/h1-2,5-6,13-15H,3-4,7-10H2,(H,31,37)(H,32,34,35). The van der Waals surface area contributed by atoms with Gasteiger partial charge in [-0.2, -0.15) is 13.2 Å². The van der Waals surface area contributed by atoms with Crippen LogP contribution in [-0.2, 0) is 33.6 Å². The molecule has 2 aromatic rings. The van der Waals surface area contributed by atoms with Gasteiger partial charge >= 0.3 is 12.3 Å². The van der Waals surface area contributed by atoms with Crippen molar-refractivity contribution in [2.75, 3.05) is 0 Å². The van der Waals surface area contributed by atoms with Gasteiger partial charge in [0, 0.05) is 43.4 Å². The molecule has 2 aliphatic heterocycles. The number of benzene rings is 1. The van der Waals surface area contributed by atoms with Gasteiger partial charge in [0.1, 0.15) is 18.0 Å². The highest BCUT2D eigenvalue weighted by atomic mass is 19.4. The number of fused-ring (bicyclic) bond motifs is 1. The van der Waals surface area contributed by atoms with E-state index in [-0.39, 0.29) is 55.6 Å². The summed E-state index contributed by atoms with van der Waals surface area (Å²) in [4.78, 5) is 57.0. The third-order valence-electron chi connectivity index (χ3n) is 6.88. The first-order valence-corrected chi connectivity index (χ1v) is 11.8. The molecule has 14 heteroatoms. The van der Waals surface area contributed by atoms with Crippen molar-refractivity contribution in [1.29, 1.82) is 0 Å². The molecule has 1 aliphatic carbocycles. The second kappa shape index (κ2) is 9.65. The van der Waals surface area contributed by atoms with E-state index < -0.39 is 59.6 Å². The molecule has 0 spiro atoms. The Morgan fingerprint density at radius 3 is 2.61 bits per heavy atom. The van der Waals surface area contributed by atoms with Gasteiger partial charge in [0.25, 0.3) is 5.91 Å². The van der Waals surface area contributed by atoms with Crippen molar-refractivity contribution in [3.8, 4) is 0 Å². The lowest BCUT2D eigenvalue weighted by Crippen LogP contribution is -2.52. The molecule has 0 bridgehead atoms. The van der Waals surface area contributed by atoms with Gasteiger partial charge in [0.2, 0.25) is 11.8 Å². The molecule has 3 heterocycles. The molecule has 1 atom stereocenters. The Hall–Kier alpha value is -4.10. The van der Waals surface area contributed by atoms with Gasteiger partial charge in [-0.05, 0) is 24.8 Å². The van der Waals surface area contributed by atoms with Gasteiger partial charge in [-0.25, -0.2) is 14.2 Å². The van der Waals surface area contributed by atoms with Crippen LogP contribution in [0.1, 0.15) is 64.5 Å². The van der Waals surface area contributed by atoms with Crippen LogP contribution in [0.25, 0.3) is 0 Å². The van der Waals surface area contributed by atoms with Crippen LogP contribution in [0.2, 0.25) is 0 Å². The number of aromatic nitrogens is 2. The van der Waals surface area contributed by atoms with Crippen LogP contribution in [0.15, 0.2) is 24.5 Å². The summed E-state index contributed by atoms with van der Waals surface area (Å²) >= 11 is 0. The van der Waals surface area contributed by atoms with Crippen LogP contribution >= 0.6 is 0 Å². The second-order valence-electron chi connectivity index (χ2n) is 9.31. The maximum absolute atomic E-state index is 15.2. The zero-order chi connectivity index (χ0) is 27.2. The number of nitrogens with zero attached hydrogens (tertiary/aromatic N) is 3. The SMILES string of the molecule is O=C1CCC(N2Cc3ccc(CNC(=O)OC4CC(c5nccnc5C(F)(F)F)C4)c(F)c3C2=O)C(=O)N1. The molecule has 2 N–H and O–H groups in total. The van der Waals surface area contributed by atoms with Crippen molar-refractivity contribution >= 4 is 23.8 Å². The van der Waals surface area contributed by atoms with Crippen LogP contribution < -0.4 is 10.6 Å². The number of nitrogens with one attached hydrogen (secondary N) is 2. The molecule has 1 unspecified atom stereocenters. The van der Waals surface area contributed by atoms with Crippen LogP contribution in [0.3, 0.4) is 0 Å². The van der Waals surface area contributed by atoms with Crippen molar-refractivity contribution in [2.45, 2.75) is 63.0 Å². The van der Waals surface area contributed by atoms with Gasteiger partial charge < -0.3 is 15.0 Å². The van der Waals surface area contributed by atoms with Crippen LogP contribution in [0.4, 0.5) is 22.4 Å². The zero-order valence-electron chi connectivity index (χ0n) is 19.7. The maximum atomic E-state index is 15.2. The Balaban J connectivity index is 1.16. The Bertz CT molecular complexity index is 1330. The third kappa shape index (κ3) is 4.77. The van der Waals surface area contributed by atoms with E-state index in [0.29, 0.717) is 5.56 Å². The molecule has 1 saturated heterocycles. The van der Waals surface area contributed by atoms with Crippen molar-refractivity contribution in [1.82, 2.24) is 25.5 Å². The average molecular weight is 535 g/mol. The Labute approximate surface area is 212 Å². The van der Waals surface area contributed by atoms with Crippen LogP contribution in [0.5, 0.6) is 0 Å². The summed E-state index contributed by atoms with van der Waals surface area (Å²) in [5, 5.41) is 4.56. The highest BCUT2D eigenvalue weighted by Crippen LogP contribution is 2.42. The molecular formula is C24H21F4N5O5. The lowest BCUT2D eigenvalue weighted by molar-refractivity contribution is -0.143. The molecule has 10 nitrogen and oxygen atoms in total. The summed E-state index contributed by atoms with van der Waals surface area (Å²) in [6.45, 7) is -0.292.